The number of imidazole rings is 1. The van der Waals surface area contributed by atoms with Gasteiger partial charge in [-0.2, -0.15) is 13.4 Å². The molecule has 13 heavy (non-hydrogen) atoms. The van der Waals surface area contributed by atoms with Crippen LogP contribution >= 0.6 is 0 Å². The van der Waals surface area contributed by atoms with Crippen molar-refractivity contribution in [2.75, 3.05) is 5.73 Å². The van der Waals surface area contributed by atoms with Gasteiger partial charge in [-0.05, 0) is 0 Å². The zero-order valence-corrected chi connectivity index (χ0v) is 6.59. The molecule has 0 aliphatic heterocycles. The van der Waals surface area contributed by atoms with Crippen LogP contribution < -0.4 is 5.73 Å². The number of nitrogens with one attached hydrogen (secondary N) is 1. The van der Waals surface area contributed by atoms with Crippen molar-refractivity contribution in [3.63, 3.8) is 0 Å². The zero-order valence-electron chi connectivity index (χ0n) is 5.77. The Morgan fingerprint density at radius 3 is 2.08 bits per heavy atom. The summed E-state index contributed by atoms with van der Waals surface area (Å²) >= 11 is 0. The third-order valence-corrected chi connectivity index (χ3v) is 1.58. The van der Waals surface area contributed by atoms with E-state index < -0.39 is 15.1 Å². The molecule has 0 bridgehead atoms. The molecule has 0 fully saturated rings. The zero-order chi connectivity index (χ0) is 7.78. The Morgan fingerprint density at radius 1 is 1.46 bits per heavy atom. The number of aromatic amines is 1. The van der Waals surface area contributed by atoms with Gasteiger partial charge in [0.25, 0.3) is 0 Å². The van der Waals surface area contributed by atoms with E-state index in [4.69, 9.17) is 10.3 Å². The predicted octanol–water partition coefficient (Wildman–Crippen LogP) is -3.06. The van der Waals surface area contributed by atoms with Gasteiger partial charge in [0, 0.05) is 6.20 Å². The van der Waals surface area contributed by atoms with Gasteiger partial charge in [-0.3, -0.25) is 4.55 Å². The van der Waals surface area contributed by atoms with Gasteiger partial charge in [-0.15, -0.1) is 0 Å². The summed E-state index contributed by atoms with van der Waals surface area (Å²) in [6.07, 6.45) is 1.00. The summed E-state index contributed by atoms with van der Waals surface area (Å²) in [5.74, 6) is -0.0485. The molecule has 0 saturated carbocycles. The Labute approximate surface area is 96.2 Å². The summed E-state index contributed by atoms with van der Waals surface area (Å²) in [5.41, 5.74) is 5.03. The van der Waals surface area contributed by atoms with Crippen LogP contribution in [0.3, 0.4) is 0 Å². The van der Waals surface area contributed by atoms with Crippen molar-refractivity contribution < 1.29 is 23.9 Å². The van der Waals surface area contributed by atoms with E-state index in [0.717, 1.165) is 6.20 Å². The average molecular weight is 223 g/mol. The standard InChI is InChI=1S/C3H5N3O3S.Na.2H2O.H/c4-3-5-1-2(6-3)10(7,8)9;;;;/h1H,(H3,4,5,6)(H,7,8,9);;2*1H2;. The maximum atomic E-state index is 10.3. The predicted molar refractivity (Wildman–Crippen MR) is 47.2 cm³/mol. The fraction of sp³-hybridized carbons (Fsp3) is 0. The second-order valence-electron chi connectivity index (χ2n) is 1.60. The van der Waals surface area contributed by atoms with Gasteiger partial charge in [-0.25, -0.2) is 0 Å². The van der Waals surface area contributed by atoms with Gasteiger partial charge in [0.2, 0.25) is 5.03 Å². The van der Waals surface area contributed by atoms with E-state index >= 15 is 0 Å². The summed E-state index contributed by atoms with van der Waals surface area (Å²) in [6.45, 7) is 0. The van der Waals surface area contributed by atoms with Crippen LogP contribution in [-0.2, 0) is 10.1 Å². The van der Waals surface area contributed by atoms with Crippen LogP contribution in [0.2, 0.25) is 0 Å². The average Bonchev–Trinajstić information content (AvgIpc) is 2.11. The van der Waals surface area contributed by atoms with Crippen molar-refractivity contribution >= 4 is 45.6 Å². The molecule has 0 aliphatic carbocycles. The number of nitrogen functional groups attached to an aromatic ring is 1. The molecule has 1 heterocycles. The van der Waals surface area contributed by atoms with Crippen LogP contribution in [0.4, 0.5) is 5.95 Å². The van der Waals surface area contributed by atoms with Gasteiger partial charge < -0.3 is 21.7 Å². The quantitative estimate of drug-likeness (QED) is 0.338. The minimum atomic E-state index is -4.20. The van der Waals surface area contributed by atoms with Gasteiger partial charge in [0.1, 0.15) is 0 Å². The number of nitrogens with two attached hydrogens (primary N) is 1. The van der Waals surface area contributed by atoms with E-state index in [0.29, 0.717) is 0 Å². The number of anilines is 1. The summed E-state index contributed by atoms with van der Waals surface area (Å²) in [4.78, 5) is 5.57. The maximum absolute atomic E-state index is 10.3. The first-order valence-corrected chi connectivity index (χ1v) is 3.72. The molecule has 0 amide bonds. The van der Waals surface area contributed by atoms with E-state index in [9.17, 15) is 8.42 Å². The number of nitrogens with zero attached hydrogens (tertiary/aromatic N) is 1. The molecule has 0 saturated heterocycles. The van der Waals surface area contributed by atoms with E-state index in [1.807, 2.05) is 0 Å². The van der Waals surface area contributed by atoms with Crippen molar-refractivity contribution in [3.05, 3.63) is 6.20 Å². The van der Waals surface area contributed by atoms with Crippen molar-refractivity contribution in [2.45, 2.75) is 5.03 Å². The van der Waals surface area contributed by atoms with Gasteiger partial charge in [-0.1, -0.05) is 0 Å². The Kier molecular flexibility index (Phi) is 9.03. The number of aromatic nitrogens is 2. The molecule has 0 aliphatic rings. The van der Waals surface area contributed by atoms with E-state index in [-0.39, 0.29) is 46.5 Å². The normalized spacial score (nSPS) is 9.00. The molecule has 8 N–H and O–H groups in total. The van der Waals surface area contributed by atoms with Crippen LogP contribution in [0, 0.1) is 0 Å². The molecular weight excluding hydrogens is 213 g/mol. The molecule has 0 aromatic carbocycles. The van der Waals surface area contributed by atoms with Gasteiger partial charge in [0.05, 0.1) is 0 Å². The number of H-pyrrole nitrogens is 1. The summed E-state index contributed by atoms with van der Waals surface area (Å²) < 4.78 is 28.9. The molecule has 0 radical (unpaired) electrons. The molecule has 0 unspecified atom stereocenters. The van der Waals surface area contributed by atoms with Gasteiger partial charge in [0.15, 0.2) is 5.95 Å². The number of hydrogen-bond acceptors (Lipinski definition) is 4. The topological polar surface area (TPSA) is 172 Å². The molecule has 1 aromatic heterocycles. The fourth-order valence-electron chi connectivity index (χ4n) is 0.451. The number of hydrogen-bond donors (Lipinski definition) is 3. The van der Waals surface area contributed by atoms with Crippen LogP contribution in [0.1, 0.15) is 0 Å². The SMILES string of the molecule is Nc1nc(S(=O)(=O)O)c[nH]1.O.O.[NaH]. The molecule has 10 heteroatoms. The molecule has 8 nitrogen and oxygen atoms in total. The first-order chi connectivity index (χ1) is 4.50. The second kappa shape index (κ2) is 6.32. The van der Waals surface area contributed by atoms with E-state index in [1.54, 1.807) is 0 Å². The van der Waals surface area contributed by atoms with Crippen molar-refractivity contribution in [2.24, 2.45) is 0 Å². The fourth-order valence-corrected chi connectivity index (χ4v) is 0.873. The molecule has 0 atom stereocenters. The minimum absolute atomic E-state index is 0. The Bertz CT molecular complexity index is 335. The summed E-state index contributed by atoms with van der Waals surface area (Å²) in [6, 6.07) is 0. The van der Waals surface area contributed by atoms with E-state index in [2.05, 4.69) is 9.97 Å². The van der Waals surface area contributed by atoms with Crippen LogP contribution in [0.15, 0.2) is 11.2 Å². The van der Waals surface area contributed by atoms with Crippen molar-refractivity contribution in [1.29, 1.82) is 0 Å². The summed E-state index contributed by atoms with van der Waals surface area (Å²) in [5, 5.41) is -0.468. The second-order valence-corrected chi connectivity index (χ2v) is 2.97. The Balaban J connectivity index is -0.000000333. The van der Waals surface area contributed by atoms with E-state index in [1.165, 1.54) is 0 Å². The van der Waals surface area contributed by atoms with Gasteiger partial charge >= 0.3 is 39.7 Å². The van der Waals surface area contributed by atoms with Crippen LogP contribution in [0.25, 0.3) is 0 Å². The van der Waals surface area contributed by atoms with Crippen molar-refractivity contribution in [3.8, 4) is 0 Å². The van der Waals surface area contributed by atoms with Crippen molar-refractivity contribution in [1.82, 2.24) is 9.97 Å². The first-order valence-electron chi connectivity index (χ1n) is 2.28. The molecular formula is C3H10N3NaO5S. The Morgan fingerprint density at radius 2 is 1.92 bits per heavy atom. The monoisotopic (exact) mass is 223 g/mol. The van der Waals surface area contributed by atoms with Crippen LogP contribution in [-0.4, -0.2) is 63.4 Å². The molecule has 74 valence electrons. The molecule has 1 aromatic rings. The molecule has 0 spiro atoms. The number of rotatable bonds is 1. The Hall–Kier alpha value is -0.160. The molecule has 1 rings (SSSR count). The first kappa shape index (κ1) is 18.6. The third kappa shape index (κ3) is 5.21. The summed E-state index contributed by atoms with van der Waals surface area (Å²) in [7, 11) is -4.20. The third-order valence-electron chi connectivity index (χ3n) is 0.838. The van der Waals surface area contributed by atoms with Crippen LogP contribution in [0.5, 0.6) is 0 Å².